The minimum Gasteiger partial charge on any atom is -0.303 e. The third-order valence-electron chi connectivity index (χ3n) is 3.57. The first-order valence-corrected chi connectivity index (χ1v) is 6.41. The molecule has 94 valence electrons. The van der Waals surface area contributed by atoms with Crippen molar-refractivity contribution in [2.75, 3.05) is 32.7 Å². The summed E-state index contributed by atoms with van der Waals surface area (Å²) >= 11 is 0. The first-order valence-electron chi connectivity index (χ1n) is 6.41. The number of rotatable bonds is 5. The molecule has 1 aliphatic rings. The molecule has 0 amide bonds. The van der Waals surface area contributed by atoms with Crippen molar-refractivity contribution in [1.29, 1.82) is 0 Å². The number of carbonyl (C=O) groups excluding carboxylic acids is 1. The maximum absolute atomic E-state index is 10.9. The van der Waals surface area contributed by atoms with Crippen LogP contribution < -0.4 is 0 Å². The lowest BCUT2D eigenvalue weighted by Crippen LogP contribution is -2.51. The lowest BCUT2D eigenvalue weighted by molar-refractivity contribution is -0.115. The molecular weight excluding hydrogens is 200 g/mol. The van der Waals surface area contributed by atoms with E-state index in [1.54, 1.807) is 0 Å². The van der Waals surface area contributed by atoms with Gasteiger partial charge in [0.1, 0.15) is 6.29 Å². The Morgan fingerprint density at radius 2 is 1.81 bits per heavy atom. The van der Waals surface area contributed by atoms with Gasteiger partial charge in [-0.05, 0) is 13.3 Å². The second-order valence-corrected chi connectivity index (χ2v) is 5.68. The van der Waals surface area contributed by atoms with Gasteiger partial charge >= 0.3 is 0 Å². The lowest BCUT2D eigenvalue weighted by atomic mass is 9.95. The van der Waals surface area contributed by atoms with E-state index in [4.69, 9.17) is 0 Å². The summed E-state index contributed by atoms with van der Waals surface area (Å²) in [5, 5.41) is 0. The summed E-state index contributed by atoms with van der Waals surface area (Å²) in [4.78, 5) is 15.8. The molecule has 0 bridgehead atoms. The average molecular weight is 226 g/mol. The Hall–Kier alpha value is -0.410. The molecule has 16 heavy (non-hydrogen) atoms. The van der Waals surface area contributed by atoms with Crippen molar-refractivity contribution in [3.05, 3.63) is 0 Å². The normalized spacial score (nSPS) is 22.0. The van der Waals surface area contributed by atoms with Gasteiger partial charge in [-0.1, -0.05) is 20.8 Å². The molecule has 0 saturated carbocycles. The molecule has 0 N–H and O–H groups in total. The zero-order valence-electron chi connectivity index (χ0n) is 11.2. The Bertz CT molecular complexity index is 220. The summed E-state index contributed by atoms with van der Waals surface area (Å²) in [6, 6.07) is 0.696. The molecule has 1 unspecified atom stereocenters. The highest BCUT2D eigenvalue weighted by Gasteiger charge is 2.25. The van der Waals surface area contributed by atoms with E-state index in [1.165, 1.54) is 6.42 Å². The zero-order chi connectivity index (χ0) is 12.2. The number of carbonyl (C=O) groups is 1. The Balaban J connectivity index is 2.35. The summed E-state index contributed by atoms with van der Waals surface area (Å²) in [7, 11) is 0. The largest absolute Gasteiger partial charge is 0.303 e. The van der Waals surface area contributed by atoms with Crippen molar-refractivity contribution in [2.45, 2.75) is 40.2 Å². The molecule has 0 aliphatic carbocycles. The summed E-state index contributed by atoms with van der Waals surface area (Å²) in [5.74, 6) is 0. The van der Waals surface area contributed by atoms with Gasteiger partial charge in [0.05, 0.1) is 0 Å². The van der Waals surface area contributed by atoms with Gasteiger partial charge in [0.15, 0.2) is 0 Å². The van der Waals surface area contributed by atoms with Crippen LogP contribution >= 0.6 is 0 Å². The second-order valence-electron chi connectivity index (χ2n) is 5.68. The topological polar surface area (TPSA) is 23.6 Å². The van der Waals surface area contributed by atoms with E-state index in [9.17, 15) is 4.79 Å². The van der Waals surface area contributed by atoms with E-state index < -0.39 is 0 Å². The molecule has 1 heterocycles. The van der Waals surface area contributed by atoms with Crippen LogP contribution in [0.3, 0.4) is 0 Å². The van der Waals surface area contributed by atoms with Crippen LogP contribution in [0.15, 0.2) is 0 Å². The maximum Gasteiger partial charge on any atom is 0.126 e. The van der Waals surface area contributed by atoms with Gasteiger partial charge in [-0.3, -0.25) is 9.80 Å². The molecule has 0 aromatic carbocycles. The summed E-state index contributed by atoms with van der Waals surface area (Å²) in [6.45, 7) is 13.9. The molecule has 1 aliphatic heterocycles. The van der Waals surface area contributed by atoms with Gasteiger partial charge in [-0.15, -0.1) is 0 Å². The van der Waals surface area contributed by atoms with Crippen molar-refractivity contribution in [3.8, 4) is 0 Å². The standard InChI is InChI=1S/C13H26N2O/c1-5-12(2)15-8-6-14(7-9-15)10-13(3,4)11-16/h11-12H,5-10H2,1-4H3. The molecule has 1 rings (SSSR count). The summed E-state index contributed by atoms with van der Waals surface area (Å²) < 4.78 is 0. The number of nitrogens with zero attached hydrogens (tertiary/aromatic N) is 2. The molecule has 0 spiro atoms. The molecule has 1 atom stereocenters. The van der Waals surface area contributed by atoms with Crippen LogP contribution in [0.5, 0.6) is 0 Å². The van der Waals surface area contributed by atoms with Crippen molar-refractivity contribution in [3.63, 3.8) is 0 Å². The summed E-state index contributed by atoms with van der Waals surface area (Å²) in [5.41, 5.74) is -0.196. The fourth-order valence-corrected chi connectivity index (χ4v) is 2.23. The fraction of sp³-hybridized carbons (Fsp3) is 0.923. The van der Waals surface area contributed by atoms with Gasteiger partial charge in [-0.2, -0.15) is 0 Å². The smallest absolute Gasteiger partial charge is 0.126 e. The van der Waals surface area contributed by atoms with Crippen LogP contribution in [0.4, 0.5) is 0 Å². The number of hydrogen-bond acceptors (Lipinski definition) is 3. The predicted molar refractivity (Wildman–Crippen MR) is 67.6 cm³/mol. The number of aldehydes is 1. The Kier molecular flexibility index (Phi) is 4.93. The van der Waals surface area contributed by atoms with E-state index in [-0.39, 0.29) is 5.41 Å². The van der Waals surface area contributed by atoms with Crippen molar-refractivity contribution >= 4 is 6.29 Å². The maximum atomic E-state index is 10.9. The van der Waals surface area contributed by atoms with E-state index in [0.717, 1.165) is 39.0 Å². The molecule has 0 radical (unpaired) electrons. The van der Waals surface area contributed by atoms with Crippen molar-refractivity contribution < 1.29 is 4.79 Å². The Labute approximate surface area is 99.8 Å². The highest BCUT2D eigenvalue weighted by Crippen LogP contribution is 2.16. The Morgan fingerprint density at radius 3 is 2.25 bits per heavy atom. The number of hydrogen-bond donors (Lipinski definition) is 0. The SMILES string of the molecule is CCC(C)N1CCN(CC(C)(C)C=O)CC1. The molecule has 0 aromatic heterocycles. The molecule has 1 saturated heterocycles. The molecular formula is C13H26N2O. The fourth-order valence-electron chi connectivity index (χ4n) is 2.23. The van der Waals surface area contributed by atoms with Crippen LogP contribution in [-0.2, 0) is 4.79 Å². The molecule has 3 nitrogen and oxygen atoms in total. The monoisotopic (exact) mass is 226 g/mol. The van der Waals surface area contributed by atoms with Gasteiger partial charge in [0.2, 0.25) is 0 Å². The van der Waals surface area contributed by atoms with Crippen LogP contribution in [0, 0.1) is 5.41 Å². The van der Waals surface area contributed by atoms with Crippen molar-refractivity contribution in [2.24, 2.45) is 5.41 Å². The van der Waals surface area contributed by atoms with Gasteiger partial charge in [-0.25, -0.2) is 0 Å². The first kappa shape index (κ1) is 13.7. The molecule has 1 fully saturated rings. The van der Waals surface area contributed by atoms with E-state index in [2.05, 4.69) is 23.6 Å². The number of piperazine rings is 1. The van der Waals surface area contributed by atoms with Crippen LogP contribution in [0.2, 0.25) is 0 Å². The van der Waals surface area contributed by atoms with Gasteiger partial charge < -0.3 is 4.79 Å². The highest BCUT2D eigenvalue weighted by atomic mass is 16.1. The average Bonchev–Trinajstić information content (AvgIpc) is 2.28. The minimum absolute atomic E-state index is 0.196. The van der Waals surface area contributed by atoms with E-state index in [0.29, 0.717) is 6.04 Å². The third kappa shape index (κ3) is 3.87. The minimum atomic E-state index is -0.196. The van der Waals surface area contributed by atoms with E-state index in [1.807, 2.05) is 13.8 Å². The zero-order valence-corrected chi connectivity index (χ0v) is 11.2. The predicted octanol–water partition coefficient (Wildman–Crippen LogP) is 1.63. The quantitative estimate of drug-likeness (QED) is 0.666. The first-order chi connectivity index (χ1) is 7.48. The third-order valence-corrected chi connectivity index (χ3v) is 3.57. The van der Waals surface area contributed by atoms with E-state index >= 15 is 0 Å². The molecule has 3 heteroatoms. The second kappa shape index (κ2) is 5.78. The lowest BCUT2D eigenvalue weighted by Gasteiger charge is -2.39. The van der Waals surface area contributed by atoms with Gasteiger partial charge in [0.25, 0.3) is 0 Å². The van der Waals surface area contributed by atoms with Crippen molar-refractivity contribution in [1.82, 2.24) is 9.80 Å². The highest BCUT2D eigenvalue weighted by molar-refractivity contribution is 5.58. The van der Waals surface area contributed by atoms with Crippen LogP contribution in [-0.4, -0.2) is 54.9 Å². The van der Waals surface area contributed by atoms with Crippen LogP contribution in [0.1, 0.15) is 34.1 Å². The van der Waals surface area contributed by atoms with Gasteiger partial charge in [0, 0.05) is 44.2 Å². The Morgan fingerprint density at radius 1 is 1.25 bits per heavy atom. The summed E-state index contributed by atoms with van der Waals surface area (Å²) in [6.07, 6.45) is 2.30. The molecule has 0 aromatic rings. The van der Waals surface area contributed by atoms with Crippen LogP contribution in [0.25, 0.3) is 0 Å².